The van der Waals surface area contributed by atoms with Crippen LogP contribution in [0.1, 0.15) is 25.3 Å². The third-order valence-electron chi connectivity index (χ3n) is 5.66. The van der Waals surface area contributed by atoms with Crippen molar-refractivity contribution in [2.45, 2.75) is 37.2 Å². The number of carbonyl (C=O) groups is 2. The van der Waals surface area contributed by atoms with Crippen molar-refractivity contribution in [2.75, 3.05) is 30.3 Å². The predicted octanol–water partition coefficient (Wildman–Crippen LogP) is 2.87. The zero-order valence-electron chi connectivity index (χ0n) is 18.2. The number of nitrogens with one attached hydrogen (secondary N) is 1. The molecule has 0 radical (unpaired) electrons. The monoisotopic (exact) mass is 536 g/mol. The molecule has 0 aromatic heterocycles. The van der Waals surface area contributed by atoms with Crippen molar-refractivity contribution in [3.05, 3.63) is 46.4 Å². The van der Waals surface area contributed by atoms with Crippen LogP contribution in [0.25, 0.3) is 0 Å². The number of hydrogen-bond acceptors (Lipinski definition) is 6. The van der Waals surface area contributed by atoms with E-state index in [-0.39, 0.29) is 41.5 Å². The molecule has 33 heavy (non-hydrogen) atoms. The van der Waals surface area contributed by atoms with Gasteiger partial charge in [0.15, 0.2) is 21.3 Å². The van der Waals surface area contributed by atoms with E-state index < -0.39 is 9.84 Å². The van der Waals surface area contributed by atoms with Crippen molar-refractivity contribution >= 4 is 43.3 Å². The summed E-state index contributed by atoms with van der Waals surface area (Å²) >= 11 is 3.35. The van der Waals surface area contributed by atoms with Gasteiger partial charge in [0.2, 0.25) is 11.8 Å². The second kappa shape index (κ2) is 9.72. The molecule has 0 saturated carbocycles. The normalized spacial score (nSPS) is 16.9. The van der Waals surface area contributed by atoms with Crippen LogP contribution < -0.4 is 19.7 Å². The molecule has 0 fully saturated rings. The SMILES string of the molecule is CCC(=O)N1CCc2cc(Br)c(S(=O)(=O)CCC(=O)NCC3COc4ccccc4O3)cc21. The van der Waals surface area contributed by atoms with Gasteiger partial charge >= 0.3 is 0 Å². The van der Waals surface area contributed by atoms with Crippen LogP contribution in [0.5, 0.6) is 11.5 Å². The standard InChI is InChI=1S/C23H25BrN2O6S/c1-2-23(28)26-9-7-15-11-17(24)21(12-18(15)26)33(29,30)10-8-22(27)25-13-16-14-31-19-5-3-4-6-20(19)32-16/h3-6,11-12,16H,2,7-10,13-14H2,1H3,(H,25,27). The lowest BCUT2D eigenvalue weighted by Gasteiger charge is -2.26. The van der Waals surface area contributed by atoms with Gasteiger partial charge in [0, 0.05) is 29.5 Å². The van der Waals surface area contributed by atoms with E-state index in [4.69, 9.17) is 9.47 Å². The van der Waals surface area contributed by atoms with E-state index in [1.165, 1.54) is 6.07 Å². The minimum absolute atomic E-state index is 0.0460. The summed E-state index contributed by atoms with van der Waals surface area (Å²) in [6.45, 7) is 2.82. The number of anilines is 1. The number of carbonyl (C=O) groups excluding carboxylic acids is 2. The van der Waals surface area contributed by atoms with E-state index in [9.17, 15) is 18.0 Å². The molecule has 176 valence electrons. The molecule has 1 unspecified atom stereocenters. The second-order valence-electron chi connectivity index (χ2n) is 7.93. The minimum Gasteiger partial charge on any atom is -0.486 e. The molecule has 2 aliphatic heterocycles. The maximum absolute atomic E-state index is 13.0. The van der Waals surface area contributed by atoms with Crippen LogP contribution in [0.4, 0.5) is 5.69 Å². The zero-order valence-corrected chi connectivity index (χ0v) is 20.6. The van der Waals surface area contributed by atoms with Gasteiger partial charge in [-0.25, -0.2) is 8.42 Å². The maximum atomic E-state index is 13.0. The quantitative estimate of drug-likeness (QED) is 0.583. The lowest BCUT2D eigenvalue weighted by Crippen LogP contribution is -2.41. The van der Waals surface area contributed by atoms with Crippen LogP contribution in [-0.2, 0) is 25.8 Å². The summed E-state index contributed by atoms with van der Waals surface area (Å²) in [6.07, 6.45) is 0.486. The highest BCUT2D eigenvalue weighted by Crippen LogP contribution is 2.36. The molecule has 2 aromatic carbocycles. The summed E-state index contributed by atoms with van der Waals surface area (Å²) in [7, 11) is -3.75. The predicted molar refractivity (Wildman–Crippen MR) is 127 cm³/mol. The van der Waals surface area contributed by atoms with Crippen LogP contribution in [0.3, 0.4) is 0 Å². The number of rotatable bonds is 7. The highest BCUT2D eigenvalue weighted by atomic mass is 79.9. The maximum Gasteiger partial charge on any atom is 0.226 e. The summed E-state index contributed by atoms with van der Waals surface area (Å²) in [5.74, 6) is 0.493. The highest BCUT2D eigenvalue weighted by molar-refractivity contribution is 9.10. The number of amides is 2. The van der Waals surface area contributed by atoms with E-state index in [0.717, 1.165) is 5.56 Å². The lowest BCUT2D eigenvalue weighted by atomic mass is 10.2. The van der Waals surface area contributed by atoms with Gasteiger partial charge in [0.1, 0.15) is 12.7 Å². The minimum atomic E-state index is -3.75. The molecule has 8 nitrogen and oxygen atoms in total. The van der Waals surface area contributed by atoms with Gasteiger partial charge in [-0.3, -0.25) is 9.59 Å². The number of halogens is 1. The number of fused-ring (bicyclic) bond motifs is 2. The van der Waals surface area contributed by atoms with Gasteiger partial charge in [-0.05, 0) is 52.2 Å². The van der Waals surface area contributed by atoms with Crippen molar-refractivity contribution in [2.24, 2.45) is 0 Å². The van der Waals surface area contributed by atoms with E-state index in [0.29, 0.717) is 47.7 Å². The van der Waals surface area contributed by atoms with Crippen molar-refractivity contribution in [3.63, 3.8) is 0 Å². The lowest BCUT2D eigenvalue weighted by molar-refractivity contribution is -0.121. The molecule has 0 spiro atoms. The van der Waals surface area contributed by atoms with E-state index >= 15 is 0 Å². The first-order chi connectivity index (χ1) is 15.8. The third kappa shape index (κ3) is 5.16. The van der Waals surface area contributed by atoms with Crippen LogP contribution >= 0.6 is 15.9 Å². The summed E-state index contributed by atoms with van der Waals surface area (Å²) in [5.41, 5.74) is 1.56. The zero-order chi connectivity index (χ0) is 23.6. The summed E-state index contributed by atoms with van der Waals surface area (Å²) < 4.78 is 37.8. The van der Waals surface area contributed by atoms with Gasteiger partial charge in [-0.2, -0.15) is 0 Å². The molecule has 1 atom stereocenters. The Labute approximate surface area is 201 Å². The number of sulfone groups is 1. The van der Waals surface area contributed by atoms with Gasteiger partial charge in [-0.1, -0.05) is 19.1 Å². The Balaban J connectivity index is 1.36. The van der Waals surface area contributed by atoms with Gasteiger partial charge in [0.05, 0.1) is 17.2 Å². The molecule has 4 rings (SSSR count). The summed E-state index contributed by atoms with van der Waals surface area (Å²) in [6, 6.07) is 10.6. The summed E-state index contributed by atoms with van der Waals surface area (Å²) in [4.78, 5) is 26.2. The number of hydrogen-bond donors (Lipinski definition) is 1. The van der Waals surface area contributed by atoms with Crippen LogP contribution in [0.15, 0.2) is 45.8 Å². The fraction of sp³-hybridized carbons (Fsp3) is 0.391. The first-order valence-corrected chi connectivity index (χ1v) is 13.2. The van der Waals surface area contributed by atoms with Crippen molar-refractivity contribution < 1.29 is 27.5 Å². The fourth-order valence-electron chi connectivity index (χ4n) is 3.89. The molecule has 1 N–H and O–H groups in total. The summed E-state index contributed by atoms with van der Waals surface area (Å²) in [5, 5.41) is 2.72. The fourth-order valence-corrected chi connectivity index (χ4v) is 6.34. The van der Waals surface area contributed by atoms with Crippen LogP contribution in [-0.4, -0.2) is 51.8 Å². The molecule has 2 aromatic rings. The molecule has 2 heterocycles. The van der Waals surface area contributed by atoms with Gasteiger partial charge < -0.3 is 19.7 Å². The Morgan fingerprint density at radius 1 is 1.21 bits per heavy atom. The second-order valence-corrected chi connectivity index (χ2v) is 10.9. The number of para-hydroxylation sites is 2. The molecule has 10 heteroatoms. The Morgan fingerprint density at radius 3 is 2.73 bits per heavy atom. The van der Waals surface area contributed by atoms with Crippen molar-refractivity contribution in [3.8, 4) is 11.5 Å². The molecule has 0 bridgehead atoms. The van der Waals surface area contributed by atoms with E-state index in [2.05, 4.69) is 21.2 Å². The first-order valence-electron chi connectivity index (χ1n) is 10.8. The Hall–Kier alpha value is -2.59. The number of nitrogens with zero attached hydrogens (tertiary/aromatic N) is 1. The Kier molecular flexibility index (Phi) is 6.94. The molecular weight excluding hydrogens is 512 g/mol. The Bertz CT molecular complexity index is 1180. The van der Waals surface area contributed by atoms with Crippen LogP contribution in [0.2, 0.25) is 0 Å². The average Bonchev–Trinajstić information content (AvgIpc) is 3.23. The molecule has 2 aliphatic rings. The molecule has 0 saturated heterocycles. The largest absolute Gasteiger partial charge is 0.486 e. The first kappa shape index (κ1) is 23.6. The number of benzene rings is 2. The van der Waals surface area contributed by atoms with E-state index in [1.54, 1.807) is 24.0 Å². The van der Waals surface area contributed by atoms with E-state index in [1.807, 2.05) is 18.2 Å². The third-order valence-corrected chi connectivity index (χ3v) is 8.33. The van der Waals surface area contributed by atoms with Crippen molar-refractivity contribution in [1.82, 2.24) is 5.32 Å². The smallest absolute Gasteiger partial charge is 0.226 e. The van der Waals surface area contributed by atoms with Gasteiger partial charge in [0.25, 0.3) is 0 Å². The highest BCUT2D eigenvalue weighted by Gasteiger charge is 2.29. The average molecular weight is 537 g/mol. The molecule has 2 amide bonds. The van der Waals surface area contributed by atoms with Crippen molar-refractivity contribution in [1.29, 1.82) is 0 Å². The topological polar surface area (TPSA) is 102 Å². The van der Waals surface area contributed by atoms with Gasteiger partial charge in [-0.15, -0.1) is 0 Å². The Morgan fingerprint density at radius 2 is 1.97 bits per heavy atom. The molecular formula is C23H25BrN2O6S. The molecule has 0 aliphatic carbocycles. The van der Waals surface area contributed by atoms with Crippen LogP contribution in [0, 0.1) is 0 Å². The number of ether oxygens (including phenoxy) is 2.